The first-order chi connectivity index (χ1) is 10.8. The number of aromatic hydroxyl groups is 1. The maximum Gasteiger partial charge on any atom is 0.150 e. The van der Waals surface area contributed by atoms with Gasteiger partial charge >= 0.3 is 0 Å². The van der Waals surface area contributed by atoms with Crippen LogP contribution in [0.25, 0.3) is 0 Å². The topological polar surface area (TPSA) is 41.5 Å². The lowest BCUT2D eigenvalue weighted by Gasteiger charge is -2.13. The van der Waals surface area contributed by atoms with Crippen LogP contribution < -0.4 is 10.1 Å². The van der Waals surface area contributed by atoms with Crippen molar-refractivity contribution in [1.29, 1.82) is 0 Å². The summed E-state index contributed by atoms with van der Waals surface area (Å²) in [6, 6.07) is 24.7. The van der Waals surface area contributed by atoms with Gasteiger partial charge in [0.25, 0.3) is 0 Å². The third-order valence-corrected chi connectivity index (χ3v) is 3.32. The molecule has 0 amide bonds. The van der Waals surface area contributed by atoms with Crippen LogP contribution in [0, 0.1) is 0 Å². The van der Waals surface area contributed by atoms with Gasteiger partial charge in [0, 0.05) is 12.1 Å². The molecule has 22 heavy (non-hydrogen) atoms. The summed E-state index contributed by atoms with van der Waals surface area (Å²) in [5.41, 5.74) is 1.73. The van der Waals surface area contributed by atoms with Gasteiger partial charge in [0.2, 0.25) is 0 Å². The number of nitrogens with one attached hydrogen (secondary N) is 1. The number of phenols is 1. The van der Waals surface area contributed by atoms with Crippen LogP contribution in [0.4, 0.5) is 5.69 Å². The van der Waals surface area contributed by atoms with Gasteiger partial charge in [-0.15, -0.1) is 0 Å². The predicted molar refractivity (Wildman–Crippen MR) is 88.4 cm³/mol. The van der Waals surface area contributed by atoms with E-state index in [1.807, 2.05) is 72.8 Å². The standard InChI is InChI=1S/C19H17NO2/c21-18-12-6-4-8-15(18)14-20-17-11-5-7-13-19(17)22-16-9-2-1-3-10-16/h1-13,20-21H,14H2. The highest BCUT2D eigenvalue weighted by atomic mass is 16.5. The van der Waals surface area contributed by atoms with Gasteiger partial charge in [-0.2, -0.15) is 0 Å². The van der Waals surface area contributed by atoms with Crippen molar-refractivity contribution in [3.05, 3.63) is 84.4 Å². The lowest BCUT2D eigenvalue weighted by atomic mass is 10.2. The van der Waals surface area contributed by atoms with Crippen LogP contribution in [0.1, 0.15) is 5.56 Å². The second-order valence-corrected chi connectivity index (χ2v) is 4.89. The maximum atomic E-state index is 9.82. The summed E-state index contributed by atoms with van der Waals surface area (Å²) in [6.45, 7) is 0.530. The Bertz CT molecular complexity index is 741. The number of para-hydroxylation sites is 4. The van der Waals surface area contributed by atoms with E-state index in [4.69, 9.17) is 4.74 Å². The van der Waals surface area contributed by atoms with Crippen LogP contribution in [-0.2, 0) is 6.54 Å². The van der Waals surface area contributed by atoms with Gasteiger partial charge in [0.1, 0.15) is 11.5 Å². The molecular formula is C19H17NO2. The highest BCUT2D eigenvalue weighted by molar-refractivity contribution is 5.58. The van der Waals surface area contributed by atoms with E-state index in [1.54, 1.807) is 6.07 Å². The van der Waals surface area contributed by atoms with Crippen molar-refractivity contribution in [3.63, 3.8) is 0 Å². The molecule has 2 N–H and O–H groups in total. The van der Waals surface area contributed by atoms with Gasteiger partial charge in [-0.25, -0.2) is 0 Å². The SMILES string of the molecule is Oc1ccccc1CNc1ccccc1Oc1ccccc1. The maximum absolute atomic E-state index is 9.82. The Kier molecular flexibility index (Phi) is 4.25. The molecule has 0 aliphatic heterocycles. The summed E-state index contributed by atoms with van der Waals surface area (Å²) < 4.78 is 5.90. The fourth-order valence-corrected chi connectivity index (χ4v) is 2.17. The van der Waals surface area contributed by atoms with E-state index >= 15 is 0 Å². The van der Waals surface area contributed by atoms with E-state index in [1.165, 1.54) is 0 Å². The molecule has 3 aromatic rings. The zero-order valence-corrected chi connectivity index (χ0v) is 12.1. The molecule has 0 aromatic heterocycles. The minimum absolute atomic E-state index is 0.288. The normalized spacial score (nSPS) is 10.2. The molecule has 0 radical (unpaired) electrons. The Morgan fingerprint density at radius 3 is 2.27 bits per heavy atom. The molecule has 0 saturated carbocycles. The third-order valence-electron chi connectivity index (χ3n) is 3.32. The first-order valence-electron chi connectivity index (χ1n) is 7.15. The largest absolute Gasteiger partial charge is 0.508 e. The van der Waals surface area contributed by atoms with Crippen molar-refractivity contribution in [1.82, 2.24) is 0 Å². The highest BCUT2D eigenvalue weighted by Gasteiger charge is 2.05. The zero-order valence-electron chi connectivity index (χ0n) is 12.1. The predicted octanol–water partition coefficient (Wildman–Crippen LogP) is 4.80. The van der Waals surface area contributed by atoms with Gasteiger partial charge in [0.05, 0.1) is 5.69 Å². The Hall–Kier alpha value is -2.94. The number of hydrogen-bond acceptors (Lipinski definition) is 3. The minimum Gasteiger partial charge on any atom is -0.508 e. The number of rotatable bonds is 5. The number of ether oxygens (including phenoxy) is 1. The molecule has 3 aromatic carbocycles. The van der Waals surface area contributed by atoms with Crippen molar-refractivity contribution < 1.29 is 9.84 Å². The molecule has 0 fully saturated rings. The van der Waals surface area contributed by atoms with E-state index in [-0.39, 0.29) is 5.75 Å². The molecule has 0 bridgehead atoms. The van der Waals surface area contributed by atoms with Crippen LogP contribution in [-0.4, -0.2) is 5.11 Å². The molecule has 3 heteroatoms. The first-order valence-corrected chi connectivity index (χ1v) is 7.15. The lowest BCUT2D eigenvalue weighted by molar-refractivity contribution is 0.468. The number of phenolic OH excluding ortho intramolecular Hbond substituents is 1. The monoisotopic (exact) mass is 291 g/mol. The lowest BCUT2D eigenvalue weighted by Crippen LogP contribution is -2.01. The molecule has 3 rings (SSSR count). The van der Waals surface area contributed by atoms with Crippen LogP contribution >= 0.6 is 0 Å². The molecule has 3 nitrogen and oxygen atoms in total. The molecule has 0 atom stereocenters. The minimum atomic E-state index is 0.288. The quantitative estimate of drug-likeness (QED) is 0.709. The number of hydrogen-bond donors (Lipinski definition) is 2. The van der Waals surface area contributed by atoms with Crippen LogP contribution in [0.2, 0.25) is 0 Å². The van der Waals surface area contributed by atoms with Gasteiger partial charge in [-0.1, -0.05) is 48.5 Å². The third kappa shape index (κ3) is 3.38. The molecule has 110 valence electrons. The molecule has 0 aliphatic rings. The van der Waals surface area contributed by atoms with Crippen molar-refractivity contribution in [2.24, 2.45) is 0 Å². The average Bonchev–Trinajstić information content (AvgIpc) is 2.56. The number of anilines is 1. The van der Waals surface area contributed by atoms with E-state index in [2.05, 4.69) is 5.32 Å². The highest BCUT2D eigenvalue weighted by Crippen LogP contribution is 2.30. The van der Waals surface area contributed by atoms with E-state index in [0.717, 1.165) is 22.7 Å². The van der Waals surface area contributed by atoms with Crippen LogP contribution in [0.5, 0.6) is 17.2 Å². The summed E-state index contributed by atoms with van der Waals surface area (Å²) in [5, 5.41) is 13.1. The summed E-state index contributed by atoms with van der Waals surface area (Å²) >= 11 is 0. The summed E-state index contributed by atoms with van der Waals surface area (Å²) in [5.74, 6) is 1.83. The van der Waals surface area contributed by atoms with Crippen molar-refractivity contribution in [3.8, 4) is 17.2 Å². The Balaban J connectivity index is 1.75. The smallest absolute Gasteiger partial charge is 0.150 e. The summed E-state index contributed by atoms with van der Waals surface area (Å²) in [4.78, 5) is 0. The first kappa shape index (κ1) is 14.0. The van der Waals surface area contributed by atoms with E-state index < -0.39 is 0 Å². The summed E-state index contributed by atoms with van der Waals surface area (Å²) in [7, 11) is 0. The molecule has 0 spiro atoms. The molecule has 0 saturated heterocycles. The van der Waals surface area contributed by atoms with Crippen molar-refractivity contribution in [2.75, 3.05) is 5.32 Å². The zero-order chi connectivity index (χ0) is 15.2. The Morgan fingerprint density at radius 1 is 0.773 bits per heavy atom. The Labute approximate surface area is 129 Å². The van der Waals surface area contributed by atoms with Crippen LogP contribution in [0.15, 0.2) is 78.9 Å². The molecular weight excluding hydrogens is 274 g/mol. The molecule has 0 unspecified atom stereocenters. The average molecular weight is 291 g/mol. The fourth-order valence-electron chi connectivity index (χ4n) is 2.17. The van der Waals surface area contributed by atoms with E-state index in [9.17, 15) is 5.11 Å². The number of benzene rings is 3. The second kappa shape index (κ2) is 6.68. The van der Waals surface area contributed by atoms with Crippen LogP contribution in [0.3, 0.4) is 0 Å². The second-order valence-electron chi connectivity index (χ2n) is 4.89. The summed E-state index contributed by atoms with van der Waals surface area (Å²) in [6.07, 6.45) is 0. The van der Waals surface area contributed by atoms with Crippen molar-refractivity contribution >= 4 is 5.69 Å². The Morgan fingerprint density at radius 2 is 1.45 bits per heavy atom. The van der Waals surface area contributed by atoms with Crippen molar-refractivity contribution in [2.45, 2.75) is 6.54 Å². The van der Waals surface area contributed by atoms with Gasteiger partial charge < -0.3 is 15.2 Å². The van der Waals surface area contributed by atoms with Gasteiger partial charge in [-0.05, 0) is 30.3 Å². The van der Waals surface area contributed by atoms with E-state index in [0.29, 0.717) is 6.54 Å². The molecule has 0 aliphatic carbocycles. The van der Waals surface area contributed by atoms with Gasteiger partial charge in [-0.3, -0.25) is 0 Å². The fraction of sp³-hybridized carbons (Fsp3) is 0.0526. The molecule has 0 heterocycles. The van der Waals surface area contributed by atoms with Gasteiger partial charge in [0.15, 0.2) is 5.75 Å².